The highest BCUT2D eigenvalue weighted by molar-refractivity contribution is 9.10. The third-order valence-electron chi connectivity index (χ3n) is 2.44. The molecule has 0 heterocycles. The lowest BCUT2D eigenvalue weighted by Crippen LogP contribution is -2.28. The zero-order valence-electron chi connectivity index (χ0n) is 9.05. The summed E-state index contributed by atoms with van der Waals surface area (Å²) >= 11 is 3.32. The van der Waals surface area contributed by atoms with Crippen LogP contribution in [0.15, 0.2) is 35.3 Å². The molecule has 88 valence electrons. The van der Waals surface area contributed by atoms with Crippen LogP contribution in [-0.4, -0.2) is 0 Å². The molecule has 1 atom stereocenters. The van der Waals surface area contributed by atoms with Crippen LogP contribution in [0.25, 0.3) is 0 Å². The number of benzene rings is 1. The topological polar surface area (TPSA) is 38.0 Å². The Kier molecular flexibility index (Phi) is 5.66. The van der Waals surface area contributed by atoms with E-state index in [9.17, 15) is 4.39 Å². The van der Waals surface area contributed by atoms with Crippen molar-refractivity contribution in [3.05, 3.63) is 46.7 Å². The smallest absolute Gasteiger partial charge is 0.128 e. The summed E-state index contributed by atoms with van der Waals surface area (Å²) in [5.74, 6) is 5.22. The molecule has 0 aromatic heterocycles. The first-order chi connectivity index (χ1) is 7.69. The van der Waals surface area contributed by atoms with E-state index in [4.69, 9.17) is 5.84 Å². The molecular formula is C12H16BrFN2. The molecule has 0 aliphatic heterocycles. The molecule has 2 nitrogen and oxygen atoms in total. The summed E-state index contributed by atoms with van der Waals surface area (Å²) in [4.78, 5) is 0. The fraction of sp³-hybridized carbons (Fsp3) is 0.333. The second kappa shape index (κ2) is 6.78. The maximum absolute atomic E-state index is 13.6. The second-order valence-corrected chi connectivity index (χ2v) is 4.52. The van der Waals surface area contributed by atoms with Gasteiger partial charge in [-0.2, -0.15) is 0 Å². The van der Waals surface area contributed by atoms with Gasteiger partial charge in [0.05, 0.1) is 0 Å². The quantitative estimate of drug-likeness (QED) is 0.364. The number of hydrazine groups is 1. The Morgan fingerprint density at radius 3 is 2.94 bits per heavy atom. The Labute approximate surface area is 104 Å². The van der Waals surface area contributed by atoms with Crippen LogP contribution in [0.1, 0.15) is 30.9 Å². The first-order valence-electron chi connectivity index (χ1n) is 5.21. The molecule has 0 aliphatic carbocycles. The number of halogens is 2. The minimum Gasteiger partial charge on any atom is -0.271 e. The normalized spacial score (nSPS) is 12.4. The first kappa shape index (κ1) is 13.4. The van der Waals surface area contributed by atoms with Crippen LogP contribution in [0.2, 0.25) is 0 Å². The number of unbranched alkanes of at least 4 members (excludes halogenated alkanes) is 1. The molecule has 0 aliphatic rings. The van der Waals surface area contributed by atoms with Crippen LogP contribution in [0.5, 0.6) is 0 Å². The third-order valence-corrected chi connectivity index (χ3v) is 2.93. The van der Waals surface area contributed by atoms with E-state index in [1.165, 1.54) is 6.07 Å². The number of rotatable bonds is 6. The van der Waals surface area contributed by atoms with Gasteiger partial charge in [-0.05, 0) is 37.5 Å². The van der Waals surface area contributed by atoms with Crippen LogP contribution in [0, 0.1) is 5.82 Å². The minimum atomic E-state index is -0.232. The predicted molar refractivity (Wildman–Crippen MR) is 68.2 cm³/mol. The molecule has 1 rings (SSSR count). The fourth-order valence-corrected chi connectivity index (χ4v) is 1.96. The second-order valence-electron chi connectivity index (χ2n) is 3.60. The molecule has 0 saturated heterocycles. The van der Waals surface area contributed by atoms with Crippen molar-refractivity contribution >= 4 is 15.9 Å². The largest absolute Gasteiger partial charge is 0.271 e. The Bertz CT molecular complexity index is 355. The minimum absolute atomic E-state index is 0.155. The lowest BCUT2D eigenvalue weighted by Gasteiger charge is -2.16. The summed E-state index contributed by atoms with van der Waals surface area (Å²) in [7, 11) is 0. The molecule has 4 heteroatoms. The van der Waals surface area contributed by atoms with Crippen molar-refractivity contribution in [3.63, 3.8) is 0 Å². The van der Waals surface area contributed by atoms with Crippen molar-refractivity contribution in [2.24, 2.45) is 5.84 Å². The number of hydrogen-bond acceptors (Lipinski definition) is 2. The van der Waals surface area contributed by atoms with Crippen molar-refractivity contribution in [2.75, 3.05) is 0 Å². The molecule has 0 spiro atoms. The van der Waals surface area contributed by atoms with E-state index in [1.807, 2.05) is 6.08 Å². The van der Waals surface area contributed by atoms with Gasteiger partial charge >= 0.3 is 0 Å². The lowest BCUT2D eigenvalue weighted by atomic mass is 10.0. The van der Waals surface area contributed by atoms with Crippen LogP contribution >= 0.6 is 15.9 Å². The zero-order chi connectivity index (χ0) is 12.0. The van der Waals surface area contributed by atoms with Gasteiger partial charge in [-0.15, -0.1) is 6.58 Å². The van der Waals surface area contributed by atoms with Crippen LogP contribution < -0.4 is 11.3 Å². The van der Waals surface area contributed by atoms with Gasteiger partial charge in [-0.3, -0.25) is 11.3 Å². The highest BCUT2D eigenvalue weighted by Crippen LogP contribution is 2.24. The van der Waals surface area contributed by atoms with Gasteiger partial charge in [0, 0.05) is 16.1 Å². The van der Waals surface area contributed by atoms with E-state index in [0.29, 0.717) is 5.56 Å². The number of nitrogens with one attached hydrogen (secondary N) is 1. The molecule has 3 N–H and O–H groups in total. The van der Waals surface area contributed by atoms with E-state index < -0.39 is 0 Å². The highest BCUT2D eigenvalue weighted by Gasteiger charge is 2.14. The molecule has 16 heavy (non-hydrogen) atoms. The van der Waals surface area contributed by atoms with Gasteiger partial charge in [0.25, 0.3) is 0 Å². The van der Waals surface area contributed by atoms with Crippen molar-refractivity contribution < 1.29 is 4.39 Å². The molecule has 1 unspecified atom stereocenters. The van der Waals surface area contributed by atoms with E-state index in [2.05, 4.69) is 27.9 Å². The monoisotopic (exact) mass is 286 g/mol. The number of hydrogen-bond donors (Lipinski definition) is 2. The van der Waals surface area contributed by atoms with Crippen molar-refractivity contribution in [3.8, 4) is 0 Å². The van der Waals surface area contributed by atoms with Crippen molar-refractivity contribution in [1.29, 1.82) is 0 Å². The highest BCUT2D eigenvalue weighted by atomic mass is 79.9. The maximum atomic E-state index is 13.6. The Balaban J connectivity index is 2.77. The molecule has 1 aromatic rings. The SMILES string of the molecule is C=CCCCC(NN)c1cc(Br)ccc1F. The van der Waals surface area contributed by atoms with E-state index in [-0.39, 0.29) is 11.9 Å². The summed E-state index contributed by atoms with van der Waals surface area (Å²) in [5.41, 5.74) is 3.25. The van der Waals surface area contributed by atoms with Gasteiger partial charge in [-0.1, -0.05) is 22.0 Å². The van der Waals surface area contributed by atoms with Crippen molar-refractivity contribution in [2.45, 2.75) is 25.3 Å². The summed E-state index contributed by atoms with van der Waals surface area (Å²) in [6.45, 7) is 3.65. The average Bonchev–Trinajstić information content (AvgIpc) is 2.28. The molecular weight excluding hydrogens is 271 g/mol. The average molecular weight is 287 g/mol. The third kappa shape index (κ3) is 3.70. The van der Waals surface area contributed by atoms with Gasteiger partial charge in [0.1, 0.15) is 5.82 Å². The van der Waals surface area contributed by atoms with Gasteiger partial charge in [0.2, 0.25) is 0 Å². The lowest BCUT2D eigenvalue weighted by molar-refractivity contribution is 0.474. The van der Waals surface area contributed by atoms with Gasteiger partial charge in [-0.25, -0.2) is 4.39 Å². The van der Waals surface area contributed by atoms with E-state index >= 15 is 0 Å². The molecule has 0 bridgehead atoms. The summed E-state index contributed by atoms with van der Waals surface area (Å²) in [6, 6.07) is 4.72. The standard InChI is InChI=1S/C12H16BrFN2/c1-2-3-4-5-12(16-15)10-8-9(13)6-7-11(10)14/h2,6-8,12,16H,1,3-5,15H2. The van der Waals surface area contributed by atoms with Crippen molar-refractivity contribution in [1.82, 2.24) is 5.43 Å². The van der Waals surface area contributed by atoms with Crippen LogP contribution in [0.4, 0.5) is 4.39 Å². The van der Waals surface area contributed by atoms with Crippen LogP contribution in [-0.2, 0) is 0 Å². The zero-order valence-corrected chi connectivity index (χ0v) is 10.6. The summed E-state index contributed by atoms with van der Waals surface area (Å²) in [6.07, 6.45) is 4.48. The molecule has 0 fully saturated rings. The fourth-order valence-electron chi connectivity index (χ4n) is 1.58. The maximum Gasteiger partial charge on any atom is 0.128 e. The number of allylic oxidation sites excluding steroid dienone is 1. The Hall–Kier alpha value is -0.710. The molecule has 1 aromatic carbocycles. The summed E-state index contributed by atoms with van der Waals surface area (Å²) < 4.78 is 14.4. The summed E-state index contributed by atoms with van der Waals surface area (Å²) in [5, 5.41) is 0. The van der Waals surface area contributed by atoms with Crippen LogP contribution in [0.3, 0.4) is 0 Å². The van der Waals surface area contributed by atoms with E-state index in [0.717, 1.165) is 23.7 Å². The Morgan fingerprint density at radius 1 is 1.56 bits per heavy atom. The van der Waals surface area contributed by atoms with Gasteiger partial charge < -0.3 is 0 Å². The van der Waals surface area contributed by atoms with Gasteiger partial charge in [0.15, 0.2) is 0 Å². The van der Waals surface area contributed by atoms with E-state index in [1.54, 1.807) is 12.1 Å². The predicted octanol–water partition coefficient (Wildman–Crippen LogP) is 3.45. The Morgan fingerprint density at radius 2 is 2.31 bits per heavy atom. The molecule has 0 radical (unpaired) electrons. The first-order valence-corrected chi connectivity index (χ1v) is 6.00. The number of nitrogens with two attached hydrogens (primary N) is 1. The molecule has 0 amide bonds. The molecule has 0 saturated carbocycles.